The molecule has 0 aliphatic carbocycles. The van der Waals surface area contributed by atoms with Crippen LogP contribution in [0.2, 0.25) is 0 Å². The lowest BCUT2D eigenvalue weighted by Crippen LogP contribution is -2.15. The molecule has 1 atom stereocenters. The Kier molecular flexibility index (Phi) is 4.54. The van der Waals surface area contributed by atoms with E-state index in [4.69, 9.17) is 0 Å². The summed E-state index contributed by atoms with van der Waals surface area (Å²) in [5.41, 5.74) is 1.47. The Labute approximate surface area is 126 Å². The van der Waals surface area contributed by atoms with Gasteiger partial charge in [0.25, 0.3) is 0 Å². The minimum Gasteiger partial charge on any atom is -0.481 e. The van der Waals surface area contributed by atoms with Gasteiger partial charge in [-0.1, -0.05) is 42.0 Å². The minimum atomic E-state index is -4.42. The molecular weight excluding hydrogens is 293 g/mol. The van der Waals surface area contributed by atoms with Gasteiger partial charge in [-0.15, -0.1) is 0 Å². The lowest BCUT2D eigenvalue weighted by atomic mass is 9.91. The Morgan fingerprint density at radius 3 is 2.05 bits per heavy atom. The van der Waals surface area contributed by atoms with E-state index >= 15 is 0 Å². The number of hydrogen-bond donors (Lipinski definition) is 1. The van der Waals surface area contributed by atoms with E-state index in [1.54, 1.807) is 0 Å². The van der Waals surface area contributed by atoms with E-state index in [1.165, 1.54) is 12.1 Å². The molecule has 0 aliphatic heterocycles. The average molecular weight is 308 g/mol. The highest BCUT2D eigenvalue weighted by Gasteiger charge is 2.30. The molecule has 5 heteroatoms. The highest BCUT2D eigenvalue weighted by molar-refractivity contribution is 5.76. The maximum Gasteiger partial charge on any atom is 0.416 e. The number of aliphatic carboxylic acids is 1. The summed E-state index contributed by atoms with van der Waals surface area (Å²) in [5, 5.41) is 9.35. The Hall–Kier alpha value is -2.30. The molecule has 2 aromatic rings. The van der Waals surface area contributed by atoms with Crippen molar-refractivity contribution in [3.63, 3.8) is 0 Å². The van der Waals surface area contributed by atoms with Gasteiger partial charge in [0, 0.05) is 0 Å². The van der Waals surface area contributed by atoms with Crippen LogP contribution in [0.4, 0.5) is 13.2 Å². The second-order valence-corrected chi connectivity index (χ2v) is 5.20. The minimum absolute atomic E-state index is 0.237. The molecule has 1 N–H and O–H groups in total. The molecule has 116 valence electrons. The van der Waals surface area contributed by atoms with Crippen LogP contribution in [0.3, 0.4) is 0 Å². The van der Waals surface area contributed by atoms with Crippen molar-refractivity contribution in [2.24, 2.45) is 0 Å². The lowest BCUT2D eigenvalue weighted by molar-refractivity contribution is -0.138. The van der Waals surface area contributed by atoms with Gasteiger partial charge >= 0.3 is 12.1 Å². The largest absolute Gasteiger partial charge is 0.481 e. The van der Waals surface area contributed by atoms with Crippen molar-refractivity contribution in [3.8, 4) is 0 Å². The first-order valence-electron chi connectivity index (χ1n) is 6.73. The van der Waals surface area contributed by atoms with Crippen LogP contribution < -0.4 is 0 Å². The zero-order valence-electron chi connectivity index (χ0n) is 11.9. The molecule has 0 amide bonds. The number of rotatable bonds is 4. The van der Waals surface area contributed by atoms with Gasteiger partial charge in [-0.05, 0) is 36.6 Å². The summed E-state index contributed by atoms with van der Waals surface area (Å²) >= 11 is 0. The van der Waals surface area contributed by atoms with Crippen molar-refractivity contribution in [1.29, 1.82) is 0 Å². The van der Waals surface area contributed by atoms with Crippen LogP contribution >= 0.6 is 0 Å². The molecule has 0 saturated heterocycles. The van der Waals surface area contributed by atoms with Crippen LogP contribution in [0.5, 0.6) is 0 Å². The number of benzene rings is 2. The van der Waals surface area contributed by atoms with E-state index in [0.29, 0.717) is 5.56 Å². The quantitative estimate of drug-likeness (QED) is 0.907. The predicted molar refractivity (Wildman–Crippen MR) is 76.7 cm³/mol. The van der Waals surface area contributed by atoms with Crippen molar-refractivity contribution in [2.45, 2.75) is 25.4 Å². The fraction of sp³-hybridized carbons (Fsp3) is 0.235. The van der Waals surface area contributed by atoms with Crippen LogP contribution in [-0.4, -0.2) is 11.1 Å². The standard InChI is InChI=1S/C17H15F3O2/c1-11-2-4-12(5-3-11)10-15(16(21)22)13-6-8-14(9-7-13)17(18,19)20/h2-9,15H,10H2,1H3,(H,21,22). The van der Waals surface area contributed by atoms with E-state index in [2.05, 4.69) is 0 Å². The monoisotopic (exact) mass is 308 g/mol. The van der Waals surface area contributed by atoms with Crippen LogP contribution in [0.1, 0.15) is 28.2 Å². The van der Waals surface area contributed by atoms with Gasteiger partial charge in [0.15, 0.2) is 0 Å². The molecular formula is C17H15F3O2. The van der Waals surface area contributed by atoms with Crippen LogP contribution in [0.15, 0.2) is 48.5 Å². The first-order chi connectivity index (χ1) is 10.3. The SMILES string of the molecule is Cc1ccc(CC(C(=O)O)c2ccc(C(F)(F)F)cc2)cc1. The van der Waals surface area contributed by atoms with Gasteiger partial charge in [0.2, 0.25) is 0 Å². The summed E-state index contributed by atoms with van der Waals surface area (Å²) < 4.78 is 37.6. The molecule has 1 unspecified atom stereocenters. The molecule has 0 saturated carbocycles. The Morgan fingerprint density at radius 1 is 1.05 bits per heavy atom. The smallest absolute Gasteiger partial charge is 0.416 e. The maximum atomic E-state index is 12.5. The summed E-state index contributed by atoms with van der Waals surface area (Å²) in [6, 6.07) is 11.7. The molecule has 2 rings (SSSR count). The highest BCUT2D eigenvalue weighted by Crippen LogP contribution is 2.31. The predicted octanol–water partition coefficient (Wildman–Crippen LogP) is 4.42. The number of halogens is 3. The van der Waals surface area contributed by atoms with Crippen LogP contribution in [-0.2, 0) is 17.4 Å². The first kappa shape index (κ1) is 16.1. The van der Waals surface area contributed by atoms with Gasteiger partial charge in [-0.25, -0.2) is 0 Å². The Bertz CT molecular complexity index is 643. The van der Waals surface area contributed by atoms with Gasteiger partial charge in [-0.3, -0.25) is 4.79 Å². The molecule has 2 nitrogen and oxygen atoms in total. The summed E-state index contributed by atoms with van der Waals surface area (Å²) in [6.45, 7) is 1.92. The third-order valence-corrected chi connectivity index (χ3v) is 3.50. The fourth-order valence-electron chi connectivity index (χ4n) is 2.21. The number of alkyl halides is 3. The van der Waals surface area contributed by atoms with Gasteiger partial charge in [0.1, 0.15) is 0 Å². The number of carboxylic acid groups (broad SMARTS) is 1. The van der Waals surface area contributed by atoms with Crippen molar-refractivity contribution < 1.29 is 23.1 Å². The molecule has 0 heterocycles. The highest BCUT2D eigenvalue weighted by atomic mass is 19.4. The normalized spacial score (nSPS) is 12.9. The molecule has 22 heavy (non-hydrogen) atoms. The molecule has 2 aromatic carbocycles. The summed E-state index contributed by atoms with van der Waals surface area (Å²) in [6.07, 6.45) is -4.19. The zero-order chi connectivity index (χ0) is 16.3. The molecule has 0 spiro atoms. The molecule has 0 fully saturated rings. The number of aryl methyl sites for hydroxylation is 1. The van der Waals surface area contributed by atoms with Crippen molar-refractivity contribution in [2.75, 3.05) is 0 Å². The first-order valence-corrected chi connectivity index (χ1v) is 6.73. The molecule has 0 aliphatic rings. The molecule has 0 bridgehead atoms. The van der Waals surface area contributed by atoms with Crippen molar-refractivity contribution in [3.05, 3.63) is 70.8 Å². The van der Waals surface area contributed by atoms with E-state index in [0.717, 1.165) is 23.3 Å². The van der Waals surface area contributed by atoms with Crippen LogP contribution in [0, 0.1) is 6.92 Å². The molecule has 0 radical (unpaired) electrons. The second kappa shape index (κ2) is 6.22. The summed E-state index contributed by atoms with van der Waals surface area (Å²) in [5.74, 6) is -1.93. The zero-order valence-corrected chi connectivity index (χ0v) is 11.9. The average Bonchev–Trinajstić information content (AvgIpc) is 2.45. The topological polar surface area (TPSA) is 37.3 Å². The number of hydrogen-bond acceptors (Lipinski definition) is 1. The van der Waals surface area contributed by atoms with Gasteiger partial charge < -0.3 is 5.11 Å². The molecule has 0 aromatic heterocycles. The number of carboxylic acids is 1. The fourth-order valence-corrected chi connectivity index (χ4v) is 2.21. The van der Waals surface area contributed by atoms with Crippen molar-refractivity contribution in [1.82, 2.24) is 0 Å². The van der Waals surface area contributed by atoms with Crippen molar-refractivity contribution >= 4 is 5.97 Å². The van der Waals surface area contributed by atoms with E-state index in [-0.39, 0.29) is 6.42 Å². The summed E-state index contributed by atoms with van der Waals surface area (Å²) in [4.78, 5) is 11.4. The van der Waals surface area contributed by atoms with Crippen LogP contribution in [0.25, 0.3) is 0 Å². The van der Waals surface area contributed by atoms with Gasteiger partial charge in [-0.2, -0.15) is 13.2 Å². The Morgan fingerprint density at radius 2 is 1.59 bits per heavy atom. The lowest BCUT2D eigenvalue weighted by Gasteiger charge is -2.14. The maximum absolute atomic E-state index is 12.5. The van der Waals surface area contributed by atoms with Gasteiger partial charge in [0.05, 0.1) is 11.5 Å². The number of carbonyl (C=O) groups is 1. The second-order valence-electron chi connectivity index (χ2n) is 5.20. The summed E-state index contributed by atoms with van der Waals surface area (Å²) in [7, 11) is 0. The Balaban J connectivity index is 2.24. The van der Waals surface area contributed by atoms with E-state index in [9.17, 15) is 23.1 Å². The third-order valence-electron chi connectivity index (χ3n) is 3.50. The van der Waals surface area contributed by atoms with E-state index < -0.39 is 23.6 Å². The third kappa shape index (κ3) is 3.87. The van der Waals surface area contributed by atoms with E-state index in [1.807, 2.05) is 31.2 Å².